The minimum absolute atomic E-state index is 0.0547. The Morgan fingerprint density at radius 3 is 2.38 bits per heavy atom. The summed E-state index contributed by atoms with van der Waals surface area (Å²) in [5, 5.41) is 0.868. The second kappa shape index (κ2) is 12.0. The van der Waals surface area contributed by atoms with Crippen molar-refractivity contribution in [1.29, 1.82) is 0 Å². The number of carbonyl (C=O) groups excluding carboxylic acids is 1. The van der Waals surface area contributed by atoms with Gasteiger partial charge < -0.3 is 9.47 Å². The average Bonchev–Trinajstić information content (AvgIpc) is 3.25. The van der Waals surface area contributed by atoms with Crippen LogP contribution in [0.2, 0.25) is 5.02 Å². The lowest BCUT2D eigenvalue weighted by Gasteiger charge is -2.16. The molecule has 1 fully saturated rings. The topological polar surface area (TPSA) is 51.1 Å². The highest BCUT2D eigenvalue weighted by Crippen LogP contribution is 2.39. The molecule has 202 valence electrons. The molecule has 0 radical (unpaired) electrons. The number of aryl methyl sites for hydroxylation is 2. The highest BCUT2D eigenvalue weighted by molar-refractivity contribution is 8.19. The van der Waals surface area contributed by atoms with Crippen molar-refractivity contribution in [3.05, 3.63) is 123 Å². The van der Waals surface area contributed by atoms with Gasteiger partial charge in [0.05, 0.1) is 28.4 Å². The Kier molecular flexibility index (Phi) is 8.24. The van der Waals surface area contributed by atoms with Gasteiger partial charge in [0.2, 0.25) is 0 Å². The minimum Gasteiger partial charge on any atom is -0.493 e. The molecule has 0 aliphatic carbocycles. The number of hydrogen-bond acceptors (Lipinski definition) is 5. The third kappa shape index (κ3) is 5.76. The second-order valence-electron chi connectivity index (χ2n) is 9.12. The molecule has 0 aromatic heterocycles. The van der Waals surface area contributed by atoms with Crippen molar-refractivity contribution in [1.82, 2.24) is 0 Å². The molecule has 0 atom stereocenters. The van der Waals surface area contributed by atoms with E-state index in [9.17, 15) is 9.18 Å². The number of para-hydroxylation sites is 2. The maximum absolute atomic E-state index is 14.2. The van der Waals surface area contributed by atoms with Crippen LogP contribution in [0.15, 0.2) is 94.8 Å². The zero-order valence-corrected chi connectivity index (χ0v) is 23.7. The van der Waals surface area contributed by atoms with E-state index in [0.717, 1.165) is 28.1 Å². The van der Waals surface area contributed by atoms with Gasteiger partial charge in [-0.3, -0.25) is 9.69 Å². The van der Waals surface area contributed by atoms with E-state index in [0.29, 0.717) is 26.6 Å². The molecule has 5 nitrogen and oxygen atoms in total. The van der Waals surface area contributed by atoms with E-state index >= 15 is 0 Å². The Balaban J connectivity index is 1.46. The lowest BCUT2D eigenvalue weighted by atomic mass is 10.1. The van der Waals surface area contributed by atoms with Crippen molar-refractivity contribution in [3.63, 3.8) is 0 Å². The standard InChI is InChI=1S/C32H26ClFN2O3S/c1-20-9-7-10-21(2)30(20)35-32-36(23-11-5-4-6-12-23)31(37)29(40-32)18-22-15-16-27(28(17-22)38-3)39-19-24-25(33)13-8-14-26(24)34/h4-18H,19H2,1-3H3. The van der Waals surface area contributed by atoms with E-state index in [1.54, 1.807) is 35.2 Å². The molecule has 1 amide bonds. The highest BCUT2D eigenvalue weighted by atomic mass is 35.5. The monoisotopic (exact) mass is 572 g/mol. The summed E-state index contributed by atoms with van der Waals surface area (Å²) in [6.07, 6.45) is 1.80. The Hall–Kier alpha value is -4.07. The van der Waals surface area contributed by atoms with Crippen LogP contribution in [-0.4, -0.2) is 18.2 Å². The molecule has 5 rings (SSSR count). The first kappa shape index (κ1) is 27.5. The first-order valence-corrected chi connectivity index (χ1v) is 13.7. The summed E-state index contributed by atoms with van der Waals surface area (Å²) in [5.41, 5.74) is 4.65. The van der Waals surface area contributed by atoms with Crippen LogP contribution in [0, 0.1) is 19.7 Å². The number of amides is 1. The Bertz CT molecular complexity index is 1600. The maximum Gasteiger partial charge on any atom is 0.271 e. The number of aliphatic imine (C=N–C) groups is 1. The fourth-order valence-electron chi connectivity index (χ4n) is 4.30. The molecule has 0 bridgehead atoms. The molecule has 8 heteroatoms. The van der Waals surface area contributed by atoms with Gasteiger partial charge in [0, 0.05) is 5.56 Å². The van der Waals surface area contributed by atoms with Crippen molar-refractivity contribution in [2.75, 3.05) is 12.0 Å². The molecule has 4 aromatic carbocycles. The molecular weight excluding hydrogens is 547 g/mol. The predicted octanol–water partition coefficient (Wildman–Crippen LogP) is 8.49. The number of anilines is 1. The van der Waals surface area contributed by atoms with Crippen molar-refractivity contribution in [3.8, 4) is 11.5 Å². The van der Waals surface area contributed by atoms with Crippen molar-refractivity contribution in [2.45, 2.75) is 20.5 Å². The maximum atomic E-state index is 14.2. The number of thioether (sulfide) groups is 1. The number of ether oxygens (including phenoxy) is 2. The summed E-state index contributed by atoms with van der Waals surface area (Å²) in [4.78, 5) is 20.8. The number of amidine groups is 1. The molecule has 1 heterocycles. The average molecular weight is 573 g/mol. The van der Waals surface area contributed by atoms with Gasteiger partial charge in [-0.25, -0.2) is 9.38 Å². The van der Waals surface area contributed by atoms with Gasteiger partial charge in [-0.05, 0) is 84.8 Å². The summed E-state index contributed by atoms with van der Waals surface area (Å²) in [6.45, 7) is 3.96. The Morgan fingerprint density at radius 2 is 1.68 bits per heavy atom. The number of methoxy groups -OCH3 is 1. The minimum atomic E-state index is -0.439. The van der Waals surface area contributed by atoms with E-state index in [-0.39, 0.29) is 18.1 Å². The van der Waals surface area contributed by atoms with Gasteiger partial charge in [0.15, 0.2) is 16.7 Å². The van der Waals surface area contributed by atoms with E-state index in [2.05, 4.69) is 0 Å². The van der Waals surface area contributed by atoms with Crippen molar-refractivity contribution in [2.24, 2.45) is 4.99 Å². The summed E-state index contributed by atoms with van der Waals surface area (Å²) in [7, 11) is 1.52. The fraction of sp³-hybridized carbons (Fsp3) is 0.125. The van der Waals surface area contributed by atoms with Gasteiger partial charge in [0.1, 0.15) is 12.4 Å². The molecule has 1 aliphatic rings. The number of halogens is 2. The summed E-state index contributed by atoms with van der Waals surface area (Å²) < 4.78 is 25.5. The molecular formula is C32H26ClFN2O3S. The summed E-state index contributed by atoms with van der Waals surface area (Å²) in [5.74, 6) is 0.264. The molecule has 1 aliphatic heterocycles. The molecule has 0 N–H and O–H groups in total. The van der Waals surface area contributed by atoms with Crippen LogP contribution in [0.1, 0.15) is 22.3 Å². The largest absolute Gasteiger partial charge is 0.493 e. The van der Waals surface area contributed by atoms with Crippen molar-refractivity contribution < 1.29 is 18.7 Å². The summed E-state index contributed by atoms with van der Waals surface area (Å²) >= 11 is 7.45. The quantitative estimate of drug-likeness (QED) is 0.208. The van der Waals surface area contributed by atoms with Crippen LogP contribution in [0.3, 0.4) is 0 Å². The molecule has 4 aromatic rings. The fourth-order valence-corrected chi connectivity index (χ4v) is 5.50. The zero-order valence-electron chi connectivity index (χ0n) is 22.2. The van der Waals surface area contributed by atoms with Crippen LogP contribution >= 0.6 is 23.4 Å². The highest BCUT2D eigenvalue weighted by Gasteiger charge is 2.35. The van der Waals surface area contributed by atoms with E-state index in [1.807, 2.05) is 68.4 Å². The number of nitrogens with zero attached hydrogens (tertiary/aromatic N) is 2. The number of carbonyl (C=O) groups is 1. The lowest BCUT2D eigenvalue weighted by molar-refractivity contribution is -0.113. The smallest absolute Gasteiger partial charge is 0.271 e. The normalized spacial score (nSPS) is 15.2. The number of rotatable bonds is 7. The molecule has 0 saturated carbocycles. The lowest BCUT2D eigenvalue weighted by Crippen LogP contribution is -2.28. The van der Waals surface area contributed by atoms with Crippen molar-refractivity contribution >= 4 is 51.9 Å². The Labute approximate surface area is 241 Å². The second-order valence-corrected chi connectivity index (χ2v) is 10.5. The van der Waals surface area contributed by atoms with Gasteiger partial charge in [-0.2, -0.15) is 0 Å². The molecule has 0 spiro atoms. The molecule has 40 heavy (non-hydrogen) atoms. The third-order valence-corrected chi connectivity index (χ3v) is 7.71. The van der Waals surface area contributed by atoms with Gasteiger partial charge >= 0.3 is 0 Å². The molecule has 0 unspecified atom stereocenters. The zero-order chi connectivity index (χ0) is 28.2. The van der Waals surface area contributed by atoms with Crippen LogP contribution in [-0.2, 0) is 11.4 Å². The van der Waals surface area contributed by atoms with Crippen LogP contribution < -0.4 is 14.4 Å². The summed E-state index contributed by atoms with van der Waals surface area (Å²) in [6, 6.07) is 25.3. The SMILES string of the molecule is COc1cc(C=C2SC(=Nc3c(C)cccc3C)N(c3ccccc3)C2=O)ccc1OCc1c(F)cccc1Cl. The van der Waals surface area contributed by atoms with Gasteiger partial charge in [-0.15, -0.1) is 0 Å². The number of benzene rings is 4. The van der Waals surface area contributed by atoms with Gasteiger partial charge in [0.25, 0.3) is 5.91 Å². The van der Waals surface area contributed by atoms with Crippen LogP contribution in [0.5, 0.6) is 11.5 Å². The number of hydrogen-bond donors (Lipinski definition) is 0. The van der Waals surface area contributed by atoms with Gasteiger partial charge in [-0.1, -0.05) is 60.1 Å². The van der Waals surface area contributed by atoms with Crippen LogP contribution in [0.25, 0.3) is 6.08 Å². The third-order valence-electron chi connectivity index (χ3n) is 6.39. The molecule has 1 saturated heterocycles. The first-order chi connectivity index (χ1) is 19.4. The van der Waals surface area contributed by atoms with E-state index in [1.165, 1.54) is 24.9 Å². The predicted molar refractivity (Wildman–Crippen MR) is 161 cm³/mol. The van der Waals surface area contributed by atoms with Crippen LogP contribution in [0.4, 0.5) is 15.8 Å². The van der Waals surface area contributed by atoms with E-state index in [4.69, 9.17) is 26.1 Å². The van der Waals surface area contributed by atoms with E-state index < -0.39 is 5.82 Å². The first-order valence-electron chi connectivity index (χ1n) is 12.5. The Morgan fingerprint density at radius 1 is 0.950 bits per heavy atom.